The molecule has 7 heteroatoms. The molecule has 0 radical (unpaired) electrons. The van der Waals surface area contributed by atoms with E-state index in [1.54, 1.807) is 13.8 Å². The summed E-state index contributed by atoms with van der Waals surface area (Å²) in [5, 5.41) is 2.95. The van der Waals surface area contributed by atoms with Crippen LogP contribution in [0.15, 0.2) is 0 Å². The highest BCUT2D eigenvalue weighted by molar-refractivity contribution is 5.84. The maximum atomic E-state index is 13.1. The molecule has 1 aliphatic rings. The van der Waals surface area contributed by atoms with Gasteiger partial charge in [-0.3, -0.25) is 10.1 Å². The predicted octanol–water partition coefficient (Wildman–Crippen LogP) is 2.47. The Balaban J connectivity index is 2.85. The molecule has 0 aromatic heterocycles. The summed E-state index contributed by atoms with van der Waals surface area (Å²) in [7, 11) is 0. The molecule has 1 fully saturated rings. The Hall–Kier alpha value is -0.850. The highest BCUT2D eigenvalue weighted by atomic mass is 19.3. The van der Waals surface area contributed by atoms with Gasteiger partial charge in [0.2, 0.25) is 5.91 Å². The Morgan fingerprint density at radius 3 is 2.37 bits per heavy atom. The molecule has 1 amide bonds. The van der Waals surface area contributed by atoms with Crippen molar-refractivity contribution in [3.05, 3.63) is 0 Å². The summed E-state index contributed by atoms with van der Waals surface area (Å²) < 4.78 is 50.8. The average Bonchev–Trinajstić information content (AvgIpc) is 2.57. The van der Waals surface area contributed by atoms with Crippen LogP contribution in [-0.4, -0.2) is 41.9 Å². The van der Waals surface area contributed by atoms with Crippen molar-refractivity contribution in [2.75, 3.05) is 6.54 Å². The minimum absolute atomic E-state index is 0.0722. The van der Waals surface area contributed by atoms with E-state index in [2.05, 4.69) is 5.32 Å². The van der Waals surface area contributed by atoms with Crippen LogP contribution in [-0.2, 0) is 4.79 Å². The summed E-state index contributed by atoms with van der Waals surface area (Å²) in [5.74, 6) is -4.76. The van der Waals surface area contributed by atoms with E-state index >= 15 is 0 Å². The van der Waals surface area contributed by atoms with Crippen molar-refractivity contribution in [2.45, 2.75) is 58.2 Å². The van der Waals surface area contributed by atoms with Crippen LogP contribution in [0.4, 0.5) is 17.6 Å². The lowest BCUT2D eigenvalue weighted by molar-refractivity contribution is -0.157. The normalized spacial score (nSPS) is 24.9. The van der Waals surface area contributed by atoms with Gasteiger partial charge in [0.05, 0.1) is 18.8 Å². The van der Waals surface area contributed by atoms with Gasteiger partial charge < -0.3 is 4.90 Å². The van der Waals surface area contributed by atoms with E-state index < -0.39 is 37.0 Å². The molecule has 2 atom stereocenters. The molecule has 1 aliphatic heterocycles. The second-order valence-corrected chi connectivity index (χ2v) is 5.22. The van der Waals surface area contributed by atoms with Crippen LogP contribution in [0.25, 0.3) is 0 Å². The highest BCUT2D eigenvalue weighted by Gasteiger charge is 2.48. The Kier molecular flexibility index (Phi) is 5.18. The van der Waals surface area contributed by atoms with Gasteiger partial charge in [-0.15, -0.1) is 0 Å². The molecule has 2 unspecified atom stereocenters. The zero-order chi connectivity index (χ0) is 14.8. The topological polar surface area (TPSA) is 32.3 Å². The van der Waals surface area contributed by atoms with Crippen LogP contribution in [0.5, 0.6) is 0 Å². The number of carbonyl (C=O) groups excluding carboxylic acids is 1. The Morgan fingerprint density at radius 2 is 1.95 bits per heavy atom. The number of hydrogen-bond acceptors (Lipinski definition) is 2. The van der Waals surface area contributed by atoms with Crippen molar-refractivity contribution in [1.29, 1.82) is 0 Å². The van der Waals surface area contributed by atoms with E-state index in [1.807, 2.05) is 6.92 Å². The summed E-state index contributed by atoms with van der Waals surface area (Å²) in [4.78, 5) is 12.9. The molecule has 0 bridgehead atoms. The van der Waals surface area contributed by atoms with Crippen LogP contribution in [0, 0.1) is 5.92 Å². The van der Waals surface area contributed by atoms with Crippen molar-refractivity contribution in [1.82, 2.24) is 10.2 Å². The number of hydrogen-bond donors (Lipinski definition) is 1. The molecule has 1 rings (SSSR count). The largest absolute Gasteiger partial charge is 0.324 e. The highest BCUT2D eigenvalue weighted by Crippen LogP contribution is 2.28. The lowest BCUT2D eigenvalue weighted by Gasteiger charge is -2.27. The fourth-order valence-electron chi connectivity index (χ4n) is 2.18. The van der Waals surface area contributed by atoms with E-state index in [-0.39, 0.29) is 5.92 Å². The first-order valence-electron chi connectivity index (χ1n) is 6.43. The fourth-order valence-corrected chi connectivity index (χ4v) is 2.18. The third-order valence-corrected chi connectivity index (χ3v) is 3.23. The van der Waals surface area contributed by atoms with Crippen molar-refractivity contribution in [3.8, 4) is 0 Å². The summed E-state index contributed by atoms with van der Waals surface area (Å²) in [5.41, 5.74) is 0. The van der Waals surface area contributed by atoms with Crippen LogP contribution in [0.2, 0.25) is 0 Å². The third kappa shape index (κ3) is 3.58. The molecular weight excluding hydrogens is 264 g/mol. The standard InChI is InChI=1S/C12H20F4N2O/c1-4-5-8-17-9(7(2)3)10(19)18(8)6-12(15,16)11(13)14/h7-9,11,17H,4-6H2,1-3H3. The maximum absolute atomic E-state index is 13.1. The smallest absolute Gasteiger partial charge is 0.320 e. The molecule has 0 aromatic rings. The van der Waals surface area contributed by atoms with E-state index in [9.17, 15) is 22.4 Å². The number of amides is 1. The van der Waals surface area contributed by atoms with Crippen molar-refractivity contribution >= 4 is 5.91 Å². The Labute approximate surface area is 110 Å². The molecule has 0 spiro atoms. The lowest BCUT2D eigenvalue weighted by Crippen LogP contribution is -2.47. The van der Waals surface area contributed by atoms with Gasteiger partial charge in [-0.2, -0.15) is 8.78 Å². The van der Waals surface area contributed by atoms with E-state index in [0.29, 0.717) is 12.8 Å². The zero-order valence-electron chi connectivity index (χ0n) is 11.3. The molecule has 19 heavy (non-hydrogen) atoms. The monoisotopic (exact) mass is 284 g/mol. The first-order valence-corrected chi connectivity index (χ1v) is 6.43. The average molecular weight is 284 g/mol. The SMILES string of the molecule is CCCC1NC(C(C)C)C(=O)N1CC(F)(F)C(F)F. The molecule has 3 nitrogen and oxygen atoms in total. The lowest BCUT2D eigenvalue weighted by atomic mass is 10.1. The quantitative estimate of drug-likeness (QED) is 0.760. The van der Waals surface area contributed by atoms with E-state index in [1.165, 1.54) is 0 Å². The number of halogens is 4. The minimum atomic E-state index is -4.17. The zero-order valence-corrected chi connectivity index (χ0v) is 11.3. The second-order valence-electron chi connectivity index (χ2n) is 5.22. The van der Waals surface area contributed by atoms with Gasteiger partial charge >= 0.3 is 12.3 Å². The molecule has 0 saturated carbocycles. The maximum Gasteiger partial charge on any atom is 0.324 e. The molecule has 112 valence electrons. The van der Waals surface area contributed by atoms with Crippen molar-refractivity contribution in [2.24, 2.45) is 5.92 Å². The minimum Gasteiger partial charge on any atom is -0.320 e. The van der Waals surface area contributed by atoms with Gasteiger partial charge in [0.25, 0.3) is 0 Å². The van der Waals surface area contributed by atoms with Crippen LogP contribution >= 0.6 is 0 Å². The summed E-state index contributed by atoms with van der Waals surface area (Å²) in [6.07, 6.45) is -3.21. The van der Waals surface area contributed by atoms with E-state index in [4.69, 9.17) is 0 Å². The van der Waals surface area contributed by atoms with Gasteiger partial charge in [0, 0.05) is 0 Å². The number of nitrogens with one attached hydrogen (secondary N) is 1. The van der Waals surface area contributed by atoms with Crippen molar-refractivity contribution in [3.63, 3.8) is 0 Å². The molecular formula is C12H20F4N2O. The summed E-state index contributed by atoms with van der Waals surface area (Å²) in [6.45, 7) is 4.18. The van der Waals surface area contributed by atoms with Gasteiger partial charge in [-0.05, 0) is 12.3 Å². The fraction of sp³-hybridized carbons (Fsp3) is 0.917. The first kappa shape index (κ1) is 16.2. The van der Waals surface area contributed by atoms with Gasteiger partial charge in [0.15, 0.2) is 0 Å². The molecule has 1 heterocycles. The third-order valence-electron chi connectivity index (χ3n) is 3.23. The van der Waals surface area contributed by atoms with Gasteiger partial charge in [0.1, 0.15) is 0 Å². The van der Waals surface area contributed by atoms with Crippen LogP contribution in [0.1, 0.15) is 33.6 Å². The van der Waals surface area contributed by atoms with Gasteiger partial charge in [-0.1, -0.05) is 27.2 Å². The van der Waals surface area contributed by atoms with Crippen LogP contribution < -0.4 is 5.32 Å². The summed E-state index contributed by atoms with van der Waals surface area (Å²) >= 11 is 0. The van der Waals surface area contributed by atoms with Crippen LogP contribution in [0.3, 0.4) is 0 Å². The molecule has 1 N–H and O–H groups in total. The molecule has 0 aromatic carbocycles. The van der Waals surface area contributed by atoms with E-state index in [0.717, 1.165) is 4.90 Å². The second kappa shape index (κ2) is 6.07. The van der Waals surface area contributed by atoms with Crippen molar-refractivity contribution < 1.29 is 22.4 Å². The Bertz CT molecular complexity index is 323. The first-order chi connectivity index (χ1) is 8.70. The number of rotatable bonds is 6. The molecule has 1 saturated heterocycles. The Morgan fingerprint density at radius 1 is 1.37 bits per heavy atom. The number of alkyl halides is 4. The van der Waals surface area contributed by atoms with Gasteiger partial charge in [-0.25, -0.2) is 8.78 Å². The number of nitrogens with zero attached hydrogens (tertiary/aromatic N) is 1. The summed E-state index contributed by atoms with van der Waals surface area (Å²) in [6, 6.07) is -0.579. The predicted molar refractivity (Wildman–Crippen MR) is 63.1 cm³/mol. The number of carbonyl (C=O) groups is 1. The molecule has 0 aliphatic carbocycles.